The largest absolute Gasteiger partial charge is 0.376 e. The molecule has 0 saturated carbocycles. The molecule has 5 nitrogen and oxygen atoms in total. The quantitative estimate of drug-likeness (QED) is 0.502. The van der Waals surface area contributed by atoms with Crippen LogP contribution in [0.3, 0.4) is 0 Å². The zero-order valence-corrected chi connectivity index (χ0v) is 13.7. The molecular weight excluding hydrogens is 308 g/mol. The Balaban J connectivity index is 1.74. The van der Waals surface area contributed by atoms with Crippen LogP contribution in [0.15, 0.2) is 54.6 Å². The van der Waals surface area contributed by atoms with Crippen molar-refractivity contribution in [1.82, 2.24) is 10.9 Å². The molecule has 0 aliphatic rings. The fourth-order valence-corrected chi connectivity index (χ4v) is 2.17. The number of rotatable bonds is 5. The van der Waals surface area contributed by atoms with Crippen LogP contribution < -0.4 is 21.5 Å². The van der Waals surface area contributed by atoms with Gasteiger partial charge in [0.25, 0.3) is 5.91 Å². The minimum Gasteiger partial charge on any atom is -0.376 e. The van der Waals surface area contributed by atoms with Gasteiger partial charge in [0.05, 0.1) is 6.54 Å². The first-order valence-corrected chi connectivity index (χ1v) is 7.82. The number of hydrogen-bond acceptors (Lipinski definition) is 3. The van der Waals surface area contributed by atoms with E-state index in [1.165, 1.54) is 0 Å². The van der Waals surface area contributed by atoms with Crippen LogP contribution in [-0.2, 0) is 11.2 Å². The van der Waals surface area contributed by atoms with Crippen LogP contribution in [0.2, 0.25) is 0 Å². The Morgan fingerprint density at radius 3 is 2.43 bits per heavy atom. The van der Waals surface area contributed by atoms with E-state index in [0.29, 0.717) is 5.11 Å². The van der Waals surface area contributed by atoms with Crippen LogP contribution in [0.4, 0.5) is 11.4 Å². The van der Waals surface area contributed by atoms with Gasteiger partial charge >= 0.3 is 0 Å². The Labute approximate surface area is 141 Å². The SMILES string of the molecule is CCc1ccccc1NC(=S)NNC(=O)CNc1ccccc1. The molecule has 6 heteroatoms. The van der Waals surface area contributed by atoms with Crippen LogP contribution in [0.25, 0.3) is 0 Å². The number of para-hydroxylation sites is 2. The standard InChI is InChI=1S/C17H20N4OS/c1-2-13-8-6-7-11-15(13)19-17(23)21-20-16(22)12-18-14-9-4-3-5-10-14/h3-11,18H,2,12H2,1H3,(H,20,22)(H2,19,21,23). The molecule has 0 bridgehead atoms. The highest BCUT2D eigenvalue weighted by Crippen LogP contribution is 2.14. The fraction of sp³-hybridized carbons (Fsp3) is 0.176. The summed E-state index contributed by atoms with van der Waals surface area (Å²) in [6.45, 7) is 2.24. The van der Waals surface area contributed by atoms with Crippen LogP contribution >= 0.6 is 12.2 Å². The van der Waals surface area contributed by atoms with Crippen molar-refractivity contribution in [1.29, 1.82) is 0 Å². The number of aryl methyl sites for hydroxylation is 1. The van der Waals surface area contributed by atoms with Gasteiger partial charge in [0.1, 0.15) is 0 Å². The molecule has 0 aliphatic carbocycles. The Bertz CT molecular complexity index is 661. The van der Waals surface area contributed by atoms with Gasteiger partial charge in [0.15, 0.2) is 5.11 Å². The summed E-state index contributed by atoms with van der Waals surface area (Å²) < 4.78 is 0. The van der Waals surface area contributed by atoms with Crippen LogP contribution in [0.5, 0.6) is 0 Å². The molecule has 0 aromatic heterocycles. The number of hydrogen-bond donors (Lipinski definition) is 4. The van der Waals surface area contributed by atoms with Gasteiger partial charge in [-0.25, -0.2) is 0 Å². The van der Waals surface area contributed by atoms with Gasteiger partial charge in [0.2, 0.25) is 0 Å². The average molecular weight is 328 g/mol. The van der Waals surface area contributed by atoms with Crippen LogP contribution in [0.1, 0.15) is 12.5 Å². The van der Waals surface area contributed by atoms with E-state index in [4.69, 9.17) is 12.2 Å². The molecule has 2 aromatic carbocycles. The van der Waals surface area contributed by atoms with Crippen molar-refractivity contribution in [3.8, 4) is 0 Å². The van der Waals surface area contributed by atoms with Crippen molar-refractivity contribution in [3.05, 3.63) is 60.2 Å². The van der Waals surface area contributed by atoms with Crippen molar-refractivity contribution in [3.63, 3.8) is 0 Å². The van der Waals surface area contributed by atoms with Crippen molar-refractivity contribution in [2.45, 2.75) is 13.3 Å². The molecule has 0 fully saturated rings. The topological polar surface area (TPSA) is 65.2 Å². The molecule has 2 aromatic rings. The monoisotopic (exact) mass is 328 g/mol. The smallest absolute Gasteiger partial charge is 0.257 e. The van der Waals surface area contributed by atoms with Crippen molar-refractivity contribution in [2.24, 2.45) is 0 Å². The number of thiocarbonyl (C=S) groups is 1. The highest BCUT2D eigenvalue weighted by atomic mass is 32.1. The second-order valence-electron chi connectivity index (χ2n) is 4.86. The molecule has 0 saturated heterocycles. The maximum atomic E-state index is 11.8. The Hall–Kier alpha value is -2.60. The number of carbonyl (C=O) groups is 1. The summed E-state index contributed by atoms with van der Waals surface area (Å²) in [6.07, 6.45) is 0.902. The number of carbonyl (C=O) groups excluding carboxylic acids is 1. The van der Waals surface area contributed by atoms with Gasteiger partial charge in [-0.2, -0.15) is 0 Å². The predicted molar refractivity (Wildman–Crippen MR) is 98.3 cm³/mol. The molecule has 0 aliphatic heterocycles. The summed E-state index contributed by atoms with van der Waals surface area (Å²) in [6, 6.07) is 17.4. The van der Waals surface area contributed by atoms with Crippen molar-refractivity contribution >= 4 is 34.6 Å². The highest BCUT2D eigenvalue weighted by molar-refractivity contribution is 7.80. The first-order valence-electron chi connectivity index (χ1n) is 7.41. The maximum Gasteiger partial charge on any atom is 0.257 e. The summed E-state index contributed by atoms with van der Waals surface area (Å²) in [7, 11) is 0. The third-order valence-corrected chi connectivity index (χ3v) is 3.39. The Morgan fingerprint density at radius 1 is 1.00 bits per heavy atom. The maximum absolute atomic E-state index is 11.8. The van der Waals surface area contributed by atoms with Crippen LogP contribution in [0, 0.1) is 0 Å². The highest BCUT2D eigenvalue weighted by Gasteiger charge is 2.04. The molecule has 0 spiro atoms. The Kier molecular flexibility index (Phi) is 6.38. The molecule has 120 valence electrons. The van der Waals surface area contributed by atoms with Gasteiger partial charge in [-0.15, -0.1) is 0 Å². The summed E-state index contributed by atoms with van der Waals surface area (Å²) in [4.78, 5) is 11.8. The van der Waals surface area contributed by atoms with Gasteiger partial charge in [-0.1, -0.05) is 43.3 Å². The van der Waals surface area contributed by atoms with Crippen LogP contribution in [-0.4, -0.2) is 17.6 Å². The Morgan fingerprint density at radius 2 is 1.70 bits per heavy atom. The number of benzene rings is 2. The van der Waals surface area contributed by atoms with E-state index in [2.05, 4.69) is 28.4 Å². The van der Waals surface area contributed by atoms with E-state index >= 15 is 0 Å². The van der Waals surface area contributed by atoms with E-state index in [1.807, 2.05) is 54.6 Å². The van der Waals surface area contributed by atoms with E-state index in [0.717, 1.165) is 23.4 Å². The van der Waals surface area contributed by atoms with E-state index in [-0.39, 0.29) is 12.5 Å². The van der Waals surface area contributed by atoms with Crippen molar-refractivity contribution in [2.75, 3.05) is 17.2 Å². The lowest BCUT2D eigenvalue weighted by Crippen LogP contribution is -2.46. The lowest BCUT2D eigenvalue weighted by atomic mass is 10.1. The zero-order chi connectivity index (χ0) is 16.5. The van der Waals surface area contributed by atoms with Gasteiger partial charge in [-0.3, -0.25) is 15.6 Å². The first-order chi connectivity index (χ1) is 11.2. The number of anilines is 2. The molecule has 23 heavy (non-hydrogen) atoms. The molecule has 0 unspecified atom stereocenters. The molecule has 0 atom stereocenters. The summed E-state index contributed by atoms with van der Waals surface area (Å²) >= 11 is 5.18. The number of amides is 1. The van der Waals surface area contributed by atoms with Gasteiger partial charge in [0, 0.05) is 11.4 Å². The average Bonchev–Trinajstić information content (AvgIpc) is 2.59. The molecule has 0 heterocycles. The normalized spacial score (nSPS) is 9.78. The summed E-state index contributed by atoms with van der Waals surface area (Å²) in [5.41, 5.74) is 8.24. The number of hydrazine groups is 1. The fourth-order valence-electron chi connectivity index (χ4n) is 2.01. The van der Waals surface area contributed by atoms with E-state index in [1.54, 1.807) is 0 Å². The summed E-state index contributed by atoms with van der Waals surface area (Å²) in [5.74, 6) is -0.207. The third-order valence-electron chi connectivity index (χ3n) is 3.19. The number of nitrogens with one attached hydrogen (secondary N) is 4. The molecular formula is C17H20N4OS. The van der Waals surface area contributed by atoms with Crippen molar-refractivity contribution < 1.29 is 4.79 Å². The molecule has 1 amide bonds. The minimum absolute atomic E-state index is 0.158. The third kappa shape index (κ3) is 5.60. The first kappa shape index (κ1) is 16.8. The lowest BCUT2D eigenvalue weighted by Gasteiger charge is -2.14. The minimum atomic E-state index is -0.207. The molecule has 0 radical (unpaired) electrons. The zero-order valence-electron chi connectivity index (χ0n) is 12.9. The molecule has 4 N–H and O–H groups in total. The summed E-state index contributed by atoms with van der Waals surface area (Å²) in [5, 5.41) is 6.44. The van der Waals surface area contributed by atoms with Gasteiger partial charge < -0.3 is 10.6 Å². The van der Waals surface area contributed by atoms with E-state index < -0.39 is 0 Å². The molecule has 2 rings (SSSR count). The lowest BCUT2D eigenvalue weighted by molar-refractivity contribution is -0.119. The second kappa shape index (κ2) is 8.75. The predicted octanol–water partition coefficient (Wildman–Crippen LogP) is 2.68. The second-order valence-corrected chi connectivity index (χ2v) is 5.27. The van der Waals surface area contributed by atoms with Gasteiger partial charge in [-0.05, 0) is 42.4 Å². The van der Waals surface area contributed by atoms with E-state index in [9.17, 15) is 4.79 Å².